The van der Waals surface area contributed by atoms with Gasteiger partial charge in [-0.25, -0.2) is 0 Å². The van der Waals surface area contributed by atoms with Crippen molar-refractivity contribution >= 4 is 41.3 Å². The lowest BCUT2D eigenvalue weighted by molar-refractivity contribution is -0.00255. The van der Waals surface area contributed by atoms with Crippen LogP contribution in [0.1, 0.15) is 43.5 Å². The second-order valence-electron chi connectivity index (χ2n) is 8.08. The van der Waals surface area contributed by atoms with Crippen molar-refractivity contribution in [3.63, 3.8) is 0 Å². The normalized spacial score (nSPS) is 21.0. The summed E-state index contributed by atoms with van der Waals surface area (Å²) in [6.45, 7) is 8.74. The van der Waals surface area contributed by atoms with E-state index in [2.05, 4.69) is 59.0 Å². The summed E-state index contributed by atoms with van der Waals surface area (Å²) < 4.78 is 5.60. The molecule has 2 aliphatic heterocycles. The van der Waals surface area contributed by atoms with E-state index in [0.717, 1.165) is 51.6 Å². The molecule has 1 aromatic heterocycles. The Labute approximate surface area is 197 Å². The molecule has 2 fully saturated rings. The highest BCUT2D eigenvalue weighted by Gasteiger charge is 2.34. The zero-order chi connectivity index (χ0) is 19.8. The van der Waals surface area contributed by atoms with Gasteiger partial charge in [0.15, 0.2) is 5.96 Å². The summed E-state index contributed by atoms with van der Waals surface area (Å²) in [6.07, 6.45) is 4.69. The van der Waals surface area contributed by atoms with Gasteiger partial charge in [0, 0.05) is 36.7 Å². The van der Waals surface area contributed by atoms with Gasteiger partial charge in [-0.1, -0.05) is 6.07 Å². The number of likely N-dealkylation sites (N-methyl/N-ethyl adjacent to an activating group) is 1. The zero-order valence-corrected chi connectivity index (χ0v) is 21.3. The van der Waals surface area contributed by atoms with Crippen LogP contribution < -0.4 is 10.6 Å². The lowest BCUT2D eigenvalue weighted by Crippen LogP contribution is -2.52. The lowest BCUT2D eigenvalue weighted by Gasteiger charge is -2.41. The fourth-order valence-corrected chi connectivity index (χ4v) is 5.06. The average Bonchev–Trinajstić information content (AvgIpc) is 3.41. The smallest absolute Gasteiger partial charge is 0.191 e. The summed E-state index contributed by atoms with van der Waals surface area (Å²) in [5.41, 5.74) is 0.0999. The van der Waals surface area contributed by atoms with Gasteiger partial charge in [0.1, 0.15) is 0 Å². The van der Waals surface area contributed by atoms with Crippen molar-refractivity contribution in [3.8, 4) is 0 Å². The Kier molecular flexibility index (Phi) is 10.7. The van der Waals surface area contributed by atoms with E-state index in [4.69, 9.17) is 9.73 Å². The Morgan fingerprint density at radius 2 is 2.00 bits per heavy atom. The maximum Gasteiger partial charge on any atom is 0.191 e. The maximum atomic E-state index is 5.60. The van der Waals surface area contributed by atoms with Crippen LogP contribution >= 0.6 is 35.3 Å². The number of hydrogen-bond donors (Lipinski definition) is 2. The van der Waals surface area contributed by atoms with E-state index in [1.165, 1.54) is 30.8 Å². The molecule has 0 saturated carbocycles. The maximum absolute atomic E-state index is 5.60. The van der Waals surface area contributed by atoms with E-state index in [-0.39, 0.29) is 29.5 Å². The first-order valence-corrected chi connectivity index (χ1v) is 11.6. The Balaban J connectivity index is 0.00000300. The monoisotopic (exact) mass is 535 g/mol. The zero-order valence-electron chi connectivity index (χ0n) is 18.2. The standard InChI is InChI=1S/C21H37N5OS.HI/c1-4-22-20(24-17-21(25(2)3)9-13-27-14-10-21)23-16-18(19-8-7-15-28-19)26-11-5-6-12-26;/h7-8,15,18H,4-6,9-14,16-17H2,1-3H3,(H2,22,23,24);1H. The first-order chi connectivity index (χ1) is 13.6. The third-order valence-corrected chi connectivity index (χ3v) is 7.14. The van der Waals surface area contributed by atoms with Crippen molar-refractivity contribution in [2.75, 3.05) is 60.0 Å². The molecule has 0 aromatic carbocycles. The average molecular weight is 536 g/mol. The molecular formula is C21H38IN5OS. The van der Waals surface area contributed by atoms with Gasteiger partial charge in [-0.3, -0.25) is 9.89 Å². The molecule has 1 aromatic rings. The summed E-state index contributed by atoms with van der Waals surface area (Å²) in [5, 5.41) is 9.26. The van der Waals surface area contributed by atoms with Crippen LogP contribution in [0.15, 0.2) is 22.5 Å². The molecule has 1 atom stereocenters. The number of nitrogens with one attached hydrogen (secondary N) is 2. The molecule has 2 aliphatic rings. The quantitative estimate of drug-likeness (QED) is 0.305. The second kappa shape index (κ2) is 12.4. The number of hydrogen-bond acceptors (Lipinski definition) is 5. The van der Waals surface area contributed by atoms with Crippen LogP contribution in [0.4, 0.5) is 0 Å². The Morgan fingerprint density at radius 3 is 2.59 bits per heavy atom. The molecule has 3 rings (SSSR count). The van der Waals surface area contributed by atoms with Crippen LogP contribution in [0.3, 0.4) is 0 Å². The number of rotatable bonds is 8. The minimum atomic E-state index is 0. The van der Waals surface area contributed by atoms with E-state index in [1.807, 2.05) is 11.3 Å². The largest absolute Gasteiger partial charge is 0.381 e. The summed E-state index contributed by atoms with van der Waals surface area (Å²) in [4.78, 5) is 11.4. The molecule has 0 spiro atoms. The molecule has 6 nitrogen and oxygen atoms in total. The van der Waals surface area contributed by atoms with Crippen LogP contribution in [0.5, 0.6) is 0 Å². The van der Waals surface area contributed by atoms with Crippen molar-refractivity contribution in [2.45, 2.75) is 44.2 Å². The highest BCUT2D eigenvalue weighted by atomic mass is 127. The predicted molar refractivity (Wildman–Crippen MR) is 134 cm³/mol. The van der Waals surface area contributed by atoms with Crippen LogP contribution in [-0.2, 0) is 4.74 Å². The number of guanidine groups is 1. The van der Waals surface area contributed by atoms with Crippen LogP contribution in [0, 0.1) is 0 Å². The van der Waals surface area contributed by atoms with Gasteiger partial charge >= 0.3 is 0 Å². The summed E-state index contributed by atoms with van der Waals surface area (Å²) in [5.74, 6) is 0.927. The topological polar surface area (TPSA) is 52.1 Å². The molecule has 0 bridgehead atoms. The number of halogens is 1. The first kappa shape index (κ1) is 24.8. The van der Waals surface area contributed by atoms with Gasteiger partial charge in [-0.2, -0.15) is 0 Å². The molecule has 2 N–H and O–H groups in total. The fourth-order valence-electron chi connectivity index (χ4n) is 4.20. The third kappa shape index (κ3) is 6.78. The molecule has 8 heteroatoms. The van der Waals surface area contributed by atoms with Gasteiger partial charge in [0.05, 0.1) is 12.6 Å². The number of thiophene rings is 1. The number of ether oxygens (including phenoxy) is 1. The molecule has 0 radical (unpaired) electrons. The summed E-state index contributed by atoms with van der Waals surface area (Å²) >= 11 is 1.86. The number of nitrogens with zero attached hydrogens (tertiary/aromatic N) is 3. The first-order valence-electron chi connectivity index (χ1n) is 10.7. The van der Waals surface area contributed by atoms with Crippen LogP contribution in [0.25, 0.3) is 0 Å². The van der Waals surface area contributed by atoms with Gasteiger partial charge in [-0.15, -0.1) is 35.3 Å². The van der Waals surface area contributed by atoms with Gasteiger partial charge in [0.2, 0.25) is 0 Å². The molecule has 2 saturated heterocycles. The minimum absolute atomic E-state index is 0. The third-order valence-electron chi connectivity index (χ3n) is 6.16. The van der Waals surface area contributed by atoms with Crippen molar-refractivity contribution in [1.29, 1.82) is 0 Å². The molecule has 0 amide bonds. The highest BCUT2D eigenvalue weighted by molar-refractivity contribution is 14.0. The summed E-state index contributed by atoms with van der Waals surface area (Å²) in [6, 6.07) is 4.86. The molecule has 166 valence electrons. The van der Waals surface area contributed by atoms with E-state index < -0.39 is 0 Å². The summed E-state index contributed by atoms with van der Waals surface area (Å²) in [7, 11) is 4.34. The Morgan fingerprint density at radius 1 is 1.28 bits per heavy atom. The van der Waals surface area contributed by atoms with Crippen molar-refractivity contribution < 1.29 is 4.74 Å². The molecular weight excluding hydrogens is 497 g/mol. The van der Waals surface area contributed by atoms with Crippen molar-refractivity contribution in [3.05, 3.63) is 22.4 Å². The second-order valence-corrected chi connectivity index (χ2v) is 9.06. The predicted octanol–water partition coefficient (Wildman–Crippen LogP) is 3.17. The van der Waals surface area contributed by atoms with Gasteiger partial charge < -0.3 is 20.3 Å². The highest BCUT2D eigenvalue weighted by Crippen LogP contribution is 2.28. The Bertz CT molecular complexity index is 598. The molecule has 0 aliphatic carbocycles. The van der Waals surface area contributed by atoms with Gasteiger partial charge in [0.25, 0.3) is 0 Å². The van der Waals surface area contributed by atoms with E-state index in [0.29, 0.717) is 6.04 Å². The van der Waals surface area contributed by atoms with Crippen LogP contribution in [0.2, 0.25) is 0 Å². The number of likely N-dealkylation sites (tertiary alicyclic amines) is 1. The fraction of sp³-hybridized carbons (Fsp3) is 0.762. The minimum Gasteiger partial charge on any atom is -0.381 e. The SMILES string of the molecule is CCNC(=NCC1(N(C)C)CCOCC1)NCC(c1cccs1)N1CCCC1.I. The van der Waals surface area contributed by atoms with Gasteiger partial charge in [-0.05, 0) is 71.2 Å². The van der Waals surface area contributed by atoms with Crippen molar-refractivity contribution in [1.82, 2.24) is 20.4 Å². The van der Waals surface area contributed by atoms with E-state index in [9.17, 15) is 0 Å². The number of aliphatic imine (C=N–C) groups is 1. The molecule has 3 heterocycles. The lowest BCUT2D eigenvalue weighted by atomic mass is 9.89. The molecule has 1 unspecified atom stereocenters. The van der Waals surface area contributed by atoms with Crippen molar-refractivity contribution in [2.24, 2.45) is 4.99 Å². The van der Waals surface area contributed by atoms with E-state index in [1.54, 1.807) is 0 Å². The Hall–Kier alpha value is -0.420. The van der Waals surface area contributed by atoms with Crippen LogP contribution in [-0.4, -0.2) is 81.3 Å². The molecule has 29 heavy (non-hydrogen) atoms. The van der Waals surface area contributed by atoms with E-state index >= 15 is 0 Å².